The van der Waals surface area contributed by atoms with E-state index in [1.165, 1.54) is 0 Å². The maximum Gasteiger partial charge on any atom is 0.0859 e. The molecule has 8 heteroatoms. The van der Waals surface area contributed by atoms with Crippen molar-refractivity contribution in [1.82, 2.24) is 10.4 Å². The molecule has 6 nitrogen and oxygen atoms in total. The van der Waals surface area contributed by atoms with Crippen LogP contribution >= 0.6 is 0 Å². The fourth-order valence-corrected chi connectivity index (χ4v) is 1.56. The maximum absolute atomic E-state index is 5.10. The van der Waals surface area contributed by atoms with Crippen LogP contribution in [0.4, 0.5) is 5.69 Å². The van der Waals surface area contributed by atoms with Crippen molar-refractivity contribution in [3.05, 3.63) is 60.4 Å². The van der Waals surface area contributed by atoms with E-state index in [4.69, 9.17) is 12.6 Å². The van der Waals surface area contributed by atoms with Crippen molar-refractivity contribution in [3.63, 3.8) is 0 Å². The maximum atomic E-state index is 5.10. The van der Waals surface area contributed by atoms with Crippen LogP contribution in [0.25, 0.3) is 0 Å². The molecule has 0 aliphatic carbocycles. The van der Waals surface area contributed by atoms with E-state index in [0.29, 0.717) is 5.17 Å². The number of amidine groups is 1. The van der Waals surface area contributed by atoms with Gasteiger partial charge in [0.2, 0.25) is 0 Å². The number of para-hydroxylation sites is 1. The molecule has 0 bridgehead atoms. The van der Waals surface area contributed by atoms with Gasteiger partial charge in [0.05, 0.1) is 17.1 Å². The zero-order valence-corrected chi connectivity index (χ0v) is 13.9. The molecule has 2 rings (SSSR count). The minimum atomic E-state index is 0. The van der Waals surface area contributed by atoms with Gasteiger partial charge in [-0.05, 0) is 31.2 Å². The molecular formula is C14H13N4O2SV-5. The van der Waals surface area contributed by atoms with Crippen LogP contribution in [-0.2, 0) is 42.1 Å². The zero-order valence-electron chi connectivity index (χ0n) is 11.7. The minimum Gasteiger partial charge on any atom is -2.00 e. The van der Waals surface area contributed by atoms with Gasteiger partial charge in [0.1, 0.15) is 0 Å². The van der Waals surface area contributed by atoms with Gasteiger partial charge >= 0.3 is 0 Å². The Kier molecular flexibility index (Phi) is 12.1. The van der Waals surface area contributed by atoms with Gasteiger partial charge in [0.25, 0.3) is 0 Å². The molecule has 22 heavy (non-hydrogen) atoms. The minimum absolute atomic E-state index is 0. The molecule has 2 aromatic rings. The molecule has 0 spiro atoms. The Morgan fingerprint density at radius 2 is 1.68 bits per heavy atom. The summed E-state index contributed by atoms with van der Waals surface area (Å²) < 4.78 is 0. The molecule has 0 saturated heterocycles. The Bertz CT molecular complexity index is 594. The van der Waals surface area contributed by atoms with Crippen molar-refractivity contribution in [2.24, 2.45) is 10.1 Å². The zero-order chi connectivity index (χ0) is 13.5. The van der Waals surface area contributed by atoms with Gasteiger partial charge in [-0.15, -0.1) is 0 Å². The summed E-state index contributed by atoms with van der Waals surface area (Å²) in [6, 6.07) is 15.2. The van der Waals surface area contributed by atoms with Gasteiger partial charge in [-0.25, -0.2) is 0 Å². The Morgan fingerprint density at radius 1 is 1.05 bits per heavy atom. The van der Waals surface area contributed by atoms with Gasteiger partial charge < -0.3 is 23.6 Å². The number of pyridine rings is 1. The number of hydrazone groups is 1. The third-order valence-electron chi connectivity index (χ3n) is 2.34. The molecule has 0 atom stereocenters. The summed E-state index contributed by atoms with van der Waals surface area (Å²) in [5, 5.41) is 4.48. The molecule has 0 aliphatic heterocycles. The van der Waals surface area contributed by atoms with E-state index in [1.54, 1.807) is 6.20 Å². The van der Waals surface area contributed by atoms with Crippen LogP contribution in [-0.4, -0.2) is 15.9 Å². The van der Waals surface area contributed by atoms with Gasteiger partial charge in [-0.1, -0.05) is 24.3 Å². The molecule has 1 radical (unpaired) electrons. The summed E-state index contributed by atoms with van der Waals surface area (Å²) in [5.74, 6) is 0. The molecule has 1 N–H and O–H groups in total. The third-order valence-corrected chi connectivity index (χ3v) is 2.52. The van der Waals surface area contributed by atoms with Gasteiger partial charge in [0.15, 0.2) is 0 Å². The number of aromatic nitrogens is 1. The first-order valence-electron chi connectivity index (χ1n) is 5.78. The number of hydrogen-bond acceptors (Lipinski definition) is 4. The van der Waals surface area contributed by atoms with Crippen molar-refractivity contribution >= 4 is 29.2 Å². The van der Waals surface area contributed by atoms with E-state index in [1.807, 2.05) is 55.5 Å². The summed E-state index contributed by atoms with van der Waals surface area (Å²) in [6.07, 6.45) is 1.72. The average molecular weight is 352 g/mol. The first-order valence-corrected chi connectivity index (χ1v) is 6.19. The van der Waals surface area contributed by atoms with Crippen molar-refractivity contribution in [2.45, 2.75) is 6.92 Å². The Morgan fingerprint density at radius 3 is 2.27 bits per heavy atom. The second-order valence-corrected chi connectivity index (χ2v) is 4.16. The first-order chi connectivity index (χ1) is 9.25. The quantitative estimate of drug-likeness (QED) is 0.397. The molecule has 1 heterocycles. The Balaban J connectivity index is 0. The predicted molar refractivity (Wildman–Crippen MR) is 81.9 cm³/mol. The van der Waals surface area contributed by atoms with Gasteiger partial charge in [-0.3, -0.25) is 15.4 Å². The van der Waals surface area contributed by atoms with Crippen molar-refractivity contribution in [3.8, 4) is 0 Å². The van der Waals surface area contributed by atoms with E-state index in [0.717, 1.165) is 17.1 Å². The molecule has 0 fully saturated rings. The molecule has 0 amide bonds. The molecule has 0 saturated carbocycles. The van der Waals surface area contributed by atoms with Crippen LogP contribution in [0.5, 0.6) is 0 Å². The molecule has 1 aromatic heterocycles. The summed E-state index contributed by atoms with van der Waals surface area (Å²) in [5.41, 5.74) is 5.10. The van der Waals surface area contributed by atoms with Crippen molar-refractivity contribution in [2.75, 3.05) is 0 Å². The van der Waals surface area contributed by atoms with E-state index < -0.39 is 0 Å². The number of nitrogens with zero attached hydrogens (tertiary/aromatic N) is 3. The van der Waals surface area contributed by atoms with Crippen LogP contribution < -0.4 is 5.43 Å². The number of nitrogens with one attached hydrogen (secondary N) is 1. The second-order valence-electron chi connectivity index (χ2n) is 3.78. The van der Waals surface area contributed by atoms with Crippen LogP contribution in [0, 0.1) is 0 Å². The SMILES string of the molecule is C/C(=N\NC([S-])=Nc1ccccc1)c1ccccn1.[O-2].[O-2].[V]. The third kappa shape index (κ3) is 7.30. The molecular weight excluding hydrogens is 339 g/mol. The number of aliphatic imine (C=N–C) groups is 1. The Labute approximate surface area is 146 Å². The fourth-order valence-electron chi connectivity index (χ4n) is 1.41. The molecule has 0 unspecified atom stereocenters. The smallest absolute Gasteiger partial charge is 0.0859 e. The number of hydrogen-bond donors (Lipinski definition) is 1. The molecule has 1 aromatic carbocycles. The summed E-state index contributed by atoms with van der Waals surface area (Å²) in [7, 11) is 0. The fraction of sp³-hybridized carbons (Fsp3) is 0.0714. The van der Waals surface area contributed by atoms with Crippen LogP contribution in [0.2, 0.25) is 0 Å². The summed E-state index contributed by atoms with van der Waals surface area (Å²) >= 11 is 5.10. The van der Waals surface area contributed by atoms with Crippen LogP contribution in [0.3, 0.4) is 0 Å². The number of rotatable bonds is 3. The Hall–Kier alpha value is -1.77. The largest absolute Gasteiger partial charge is 2.00 e. The predicted octanol–water partition coefficient (Wildman–Crippen LogP) is 2.39. The molecule has 0 aliphatic rings. The standard InChI is InChI=1S/C14H14N4S.2O.V/c1-11(13-9-5-6-10-15-13)17-18-14(19)16-12-7-3-2-4-8-12;;;/h2-10H,1H3,(H2,16,18,19);;;/q;2*-2;/p-1/b17-11+;;;. The van der Waals surface area contributed by atoms with E-state index in [9.17, 15) is 0 Å². The van der Waals surface area contributed by atoms with Crippen molar-refractivity contribution < 1.29 is 29.5 Å². The normalized spacial score (nSPS) is 10.6. The van der Waals surface area contributed by atoms with Crippen molar-refractivity contribution in [1.29, 1.82) is 0 Å². The topological polar surface area (TPSA) is 107 Å². The summed E-state index contributed by atoms with van der Waals surface area (Å²) in [4.78, 5) is 8.41. The average Bonchev–Trinajstić information content (AvgIpc) is 2.47. The van der Waals surface area contributed by atoms with Gasteiger partial charge in [-0.2, -0.15) is 5.10 Å². The number of benzene rings is 1. The monoisotopic (exact) mass is 352 g/mol. The summed E-state index contributed by atoms with van der Waals surface area (Å²) in [6.45, 7) is 1.86. The molecule has 117 valence electrons. The van der Waals surface area contributed by atoms with E-state index in [2.05, 4.69) is 20.5 Å². The van der Waals surface area contributed by atoms with Gasteiger partial charge in [0, 0.05) is 29.9 Å². The van der Waals surface area contributed by atoms with Crippen LogP contribution in [0.15, 0.2) is 64.8 Å². The van der Waals surface area contributed by atoms with E-state index in [-0.39, 0.29) is 29.5 Å². The second kappa shape index (κ2) is 11.8. The van der Waals surface area contributed by atoms with Crippen LogP contribution in [0.1, 0.15) is 12.6 Å². The first kappa shape index (κ1) is 22.5. The van der Waals surface area contributed by atoms with E-state index >= 15 is 0 Å².